The second kappa shape index (κ2) is 4.14. The Morgan fingerprint density at radius 1 is 0.778 bits per heavy atom. The third kappa shape index (κ3) is 1.93. The Morgan fingerprint density at radius 2 is 1.28 bits per heavy atom. The van der Waals surface area contributed by atoms with Crippen LogP contribution < -0.4 is 0 Å². The zero-order valence-electron chi connectivity index (χ0n) is 10.4. The van der Waals surface area contributed by atoms with Crippen LogP contribution >= 0.6 is 0 Å². The molecule has 0 aliphatic carbocycles. The van der Waals surface area contributed by atoms with E-state index in [-0.39, 0.29) is 0 Å². The van der Waals surface area contributed by atoms with Crippen LogP contribution in [0.25, 0.3) is 22.5 Å². The van der Waals surface area contributed by atoms with E-state index >= 15 is 0 Å². The number of nitrogens with zero attached hydrogens (tertiary/aromatic N) is 4. The molecule has 0 N–H and O–H groups in total. The van der Waals surface area contributed by atoms with Crippen molar-refractivity contribution in [3.8, 4) is 22.5 Å². The van der Waals surface area contributed by atoms with Gasteiger partial charge in [-0.25, -0.2) is 0 Å². The lowest BCUT2D eigenvalue weighted by atomic mass is 10.1. The van der Waals surface area contributed by atoms with Crippen LogP contribution in [0.2, 0.25) is 0 Å². The van der Waals surface area contributed by atoms with Crippen molar-refractivity contribution in [2.75, 3.05) is 0 Å². The molecule has 0 atom stereocenters. The van der Waals surface area contributed by atoms with E-state index < -0.39 is 0 Å². The van der Waals surface area contributed by atoms with E-state index in [2.05, 4.69) is 28.4 Å². The first-order valence-corrected chi connectivity index (χ1v) is 5.82. The zero-order chi connectivity index (χ0) is 12.5. The number of hydrogen-bond donors (Lipinski definition) is 0. The molecule has 0 saturated heterocycles. The molecule has 2 heterocycles. The van der Waals surface area contributed by atoms with Gasteiger partial charge >= 0.3 is 0 Å². The third-order valence-electron chi connectivity index (χ3n) is 2.88. The highest BCUT2D eigenvalue weighted by molar-refractivity contribution is 5.69. The summed E-state index contributed by atoms with van der Waals surface area (Å²) in [6.07, 6.45) is 3.89. The highest BCUT2D eigenvalue weighted by Crippen LogP contribution is 2.23. The molecule has 0 spiro atoms. The Morgan fingerprint density at radius 3 is 1.67 bits per heavy atom. The normalized spacial score (nSPS) is 10.8. The lowest BCUT2D eigenvalue weighted by molar-refractivity contribution is 0.770. The molecule has 0 bridgehead atoms. The molecule has 0 unspecified atom stereocenters. The summed E-state index contributed by atoms with van der Waals surface area (Å²) in [6, 6.07) is 12.3. The van der Waals surface area contributed by atoms with Crippen LogP contribution in [0.15, 0.2) is 48.8 Å². The van der Waals surface area contributed by atoms with Crippen LogP contribution in [-0.2, 0) is 14.1 Å². The van der Waals surface area contributed by atoms with Gasteiger partial charge in [0.15, 0.2) is 0 Å². The van der Waals surface area contributed by atoms with Gasteiger partial charge in [-0.05, 0) is 18.2 Å². The molecule has 0 aliphatic rings. The standard InChI is InChI=1S/C14H14N4/c1-17-8-6-13(15-17)11-4-3-5-12(10-11)14-7-9-18(2)16-14/h3-10H,1-2H3. The van der Waals surface area contributed by atoms with Crippen LogP contribution in [0.4, 0.5) is 0 Å². The van der Waals surface area contributed by atoms with Crippen LogP contribution in [0.3, 0.4) is 0 Å². The molecule has 3 aromatic rings. The van der Waals surface area contributed by atoms with Gasteiger partial charge in [0.1, 0.15) is 0 Å². The molecule has 2 aromatic heterocycles. The average Bonchev–Trinajstić information content (AvgIpc) is 2.98. The second-order valence-corrected chi connectivity index (χ2v) is 4.33. The summed E-state index contributed by atoms with van der Waals surface area (Å²) >= 11 is 0. The number of aromatic nitrogens is 4. The summed E-state index contributed by atoms with van der Waals surface area (Å²) in [5, 5.41) is 8.82. The minimum atomic E-state index is 0.982. The van der Waals surface area contributed by atoms with Crippen molar-refractivity contribution in [3.05, 3.63) is 48.8 Å². The SMILES string of the molecule is Cn1ccc(-c2cccc(-c3ccn(C)n3)c2)n1. The van der Waals surface area contributed by atoms with Crippen molar-refractivity contribution >= 4 is 0 Å². The highest BCUT2D eigenvalue weighted by atomic mass is 15.3. The number of hydrogen-bond acceptors (Lipinski definition) is 2. The molecule has 0 aliphatic heterocycles. The Kier molecular flexibility index (Phi) is 2.48. The van der Waals surface area contributed by atoms with E-state index in [0.29, 0.717) is 0 Å². The third-order valence-corrected chi connectivity index (χ3v) is 2.88. The molecule has 4 nitrogen and oxygen atoms in total. The first-order chi connectivity index (χ1) is 8.72. The van der Waals surface area contributed by atoms with Gasteiger partial charge in [-0.15, -0.1) is 0 Å². The largest absolute Gasteiger partial charge is 0.275 e. The van der Waals surface area contributed by atoms with Crippen molar-refractivity contribution in [2.45, 2.75) is 0 Å². The molecular weight excluding hydrogens is 224 g/mol. The Labute approximate surface area is 105 Å². The van der Waals surface area contributed by atoms with Gasteiger partial charge in [0.2, 0.25) is 0 Å². The zero-order valence-corrected chi connectivity index (χ0v) is 10.4. The van der Waals surface area contributed by atoms with Gasteiger partial charge in [-0.3, -0.25) is 9.36 Å². The molecule has 0 amide bonds. The summed E-state index contributed by atoms with van der Waals surface area (Å²) < 4.78 is 3.62. The predicted molar refractivity (Wildman–Crippen MR) is 70.8 cm³/mol. The number of rotatable bonds is 2. The molecule has 18 heavy (non-hydrogen) atoms. The minimum absolute atomic E-state index is 0.982. The van der Waals surface area contributed by atoms with E-state index in [0.717, 1.165) is 22.5 Å². The van der Waals surface area contributed by atoms with E-state index in [1.54, 1.807) is 0 Å². The molecule has 0 saturated carbocycles. The quantitative estimate of drug-likeness (QED) is 0.687. The maximum atomic E-state index is 4.41. The van der Waals surface area contributed by atoms with Crippen molar-refractivity contribution in [2.24, 2.45) is 14.1 Å². The fourth-order valence-electron chi connectivity index (χ4n) is 1.98. The molecule has 90 valence electrons. The average molecular weight is 238 g/mol. The topological polar surface area (TPSA) is 35.6 Å². The van der Waals surface area contributed by atoms with Gasteiger partial charge in [-0.1, -0.05) is 18.2 Å². The summed E-state index contributed by atoms with van der Waals surface area (Å²) in [5.74, 6) is 0. The smallest absolute Gasteiger partial charge is 0.0923 e. The predicted octanol–water partition coefficient (Wildman–Crippen LogP) is 2.49. The Balaban J connectivity index is 2.04. The summed E-state index contributed by atoms with van der Waals surface area (Å²) in [5.41, 5.74) is 4.18. The second-order valence-electron chi connectivity index (χ2n) is 4.33. The van der Waals surface area contributed by atoms with Gasteiger partial charge in [-0.2, -0.15) is 10.2 Å². The van der Waals surface area contributed by atoms with Gasteiger partial charge in [0, 0.05) is 37.6 Å². The van der Waals surface area contributed by atoms with Crippen LogP contribution in [0.1, 0.15) is 0 Å². The molecule has 4 heteroatoms. The Hall–Kier alpha value is -2.36. The monoisotopic (exact) mass is 238 g/mol. The molecule has 0 fully saturated rings. The molecule has 1 aromatic carbocycles. The fourth-order valence-corrected chi connectivity index (χ4v) is 1.98. The van der Waals surface area contributed by atoms with Crippen molar-refractivity contribution in [3.63, 3.8) is 0 Å². The Bertz CT molecular complexity index is 623. The fraction of sp³-hybridized carbons (Fsp3) is 0.143. The van der Waals surface area contributed by atoms with Crippen molar-refractivity contribution in [1.82, 2.24) is 19.6 Å². The van der Waals surface area contributed by atoms with Gasteiger partial charge in [0.25, 0.3) is 0 Å². The van der Waals surface area contributed by atoms with Crippen LogP contribution in [-0.4, -0.2) is 19.6 Å². The molecular formula is C14H14N4. The maximum Gasteiger partial charge on any atom is 0.0923 e. The lowest BCUT2D eigenvalue weighted by Gasteiger charge is -2.00. The summed E-state index contributed by atoms with van der Waals surface area (Å²) in [6.45, 7) is 0. The first kappa shape index (κ1) is 10.8. The van der Waals surface area contributed by atoms with E-state index in [4.69, 9.17) is 0 Å². The van der Waals surface area contributed by atoms with Crippen LogP contribution in [0.5, 0.6) is 0 Å². The molecule has 3 rings (SSSR count). The van der Waals surface area contributed by atoms with E-state index in [1.807, 2.05) is 54.1 Å². The van der Waals surface area contributed by atoms with E-state index in [1.165, 1.54) is 0 Å². The highest BCUT2D eigenvalue weighted by Gasteiger charge is 2.05. The van der Waals surface area contributed by atoms with Crippen molar-refractivity contribution < 1.29 is 0 Å². The summed E-state index contributed by atoms with van der Waals surface area (Å²) in [7, 11) is 3.85. The van der Waals surface area contributed by atoms with Gasteiger partial charge in [0.05, 0.1) is 11.4 Å². The minimum Gasteiger partial charge on any atom is -0.275 e. The van der Waals surface area contributed by atoms with Gasteiger partial charge < -0.3 is 0 Å². The van der Waals surface area contributed by atoms with Crippen molar-refractivity contribution in [1.29, 1.82) is 0 Å². The summed E-state index contributed by atoms with van der Waals surface area (Å²) in [4.78, 5) is 0. The molecule has 0 radical (unpaired) electrons. The number of benzene rings is 1. The number of aryl methyl sites for hydroxylation is 2. The first-order valence-electron chi connectivity index (χ1n) is 5.82. The maximum absolute atomic E-state index is 4.41. The lowest BCUT2D eigenvalue weighted by Crippen LogP contribution is -1.89. The van der Waals surface area contributed by atoms with Crippen LogP contribution in [0, 0.1) is 0 Å². The van der Waals surface area contributed by atoms with E-state index in [9.17, 15) is 0 Å².